The molecule has 1 saturated heterocycles. The summed E-state index contributed by atoms with van der Waals surface area (Å²) in [5.41, 5.74) is 2.23. The first kappa shape index (κ1) is 25.2. The van der Waals surface area contributed by atoms with Crippen molar-refractivity contribution >= 4 is 34.0 Å². The molecule has 2 aliphatic heterocycles. The van der Waals surface area contributed by atoms with Gasteiger partial charge < -0.3 is 15.1 Å². The second-order valence-corrected chi connectivity index (χ2v) is 10.0. The highest BCUT2D eigenvalue weighted by molar-refractivity contribution is 7.14. The van der Waals surface area contributed by atoms with Crippen molar-refractivity contribution in [3.63, 3.8) is 0 Å². The Labute approximate surface area is 216 Å². The van der Waals surface area contributed by atoms with Gasteiger partial charge in [0.1, 0.15) is 5.69 Å². The number of amides is 2. The molecule has 1 N–H and O–H groups in total. The lowest BCUT2D eigenvalue weighted by Gasteiger charge is -2.36. The van der Waals surface area contributed by atoms with E-state index in [2.05, 4.69) is 27.3 Å². The molecule has 2 aromatic carbocycles. The van der Waals surface area contributed by atoms with Crippen LogP contribution in [0.25, 0.3) is 0 Å². The molecule has 5 rings (SSSR count). The van der Waals surface area contributed by atoms with Crippen LogP contribution < -0.4 is 5.32 Å². The summed E-state index contributed by atoms with van der Waals surface area (Å²) >= 11 is 1.16. The predicted molar refractivity (Wildman–Crippen MR) is 135 cm³/mol. The van der Waals surface area contributed by atoms with Crippen molar-refractivity contribution in [2.24, 2.45) is 0 Å². The van der Waals surface area contributed by atoms with Crippen molar-refractivity contribution in [1.29, 1.82) is 0 Å². The highest BCUT2D eigenvalue weighted by atomic mass is 32.1. The predicted octanol–water partition coefficient (Wildman–Crippen LogP) is 4.25. The van der Waals surface area contributed by atoms with Crippen LogP contribution in [0.2, 0.25) is 0 Å². The zero-order valence-corrected chi connectivity index (χ0v) is 20.8. The van der Waals surface area contributed by atoms with E-state index in [0.717, 1.165) is 36.4 Å². The van der Waals surface area contributed by atoms with Gasteiger partial charge in [-0.2, -0.15) is 13.2 Å². The number of piperazine rings is 1. The summed E-state index contributed by atoms with van der Waals surface area (Å²) in [5, 5.41) is 4.79. The zero-order valence-electron chi connectivity index (χ0n) is 20.0. The second kappa shape index (κ2) is 10.5. The molecular formula is C26H26F3N5O2S. The fraction of sp³-hybridized carbons (Fsp3) is 0.346. The number of carbonyl (C=O) groups is 2. The Hall–Kier alpha value is -3.44. The number of hydrogen-bond acceptors (Lipinski definition) is 6. The van der Waals surface area contributed by atoms with Crippen LogP contribution in [-0.2, 0) is 23.9 Å². The van der Waals surface area contributed by atoms with Gasteiger partial charge >= 0.3 is 6.18 Å². The van der Waals surface area contributed by atoms with Crippen LogP contribution in [-0.4, -0.2) is 70.8 Å². The van der Waals surface area contributed by atoms with Gasteiger partial charge in [0.05, 0.1) is 12.1 Å². The lowest BCUT2D eigenvalue weighted by molar-refractivity contribution is -0.137. The Morgan fingerprint density at radius 3 is 2.46 bits per heavy atom. The van der Waals surface area contributed by atoms with Crippen LogP contribution in [0.3, 0.4) is 0 Å². The molecule has 1 aromatic heterocycles. The Morgan fingerprint density at radius 2 is 1.70 bits per heavy atom. The minimum atomic E-state index is -4.44. The third kappa shape index (κ3) is 5.94. The molecule has 0 unspecified atom stereocenters. The van der Waals surface area contributed by atoms with E-state index in [4.69, 9.17) is 0 Å². The molecular weight excluding hydrogens is 503 g/mol. The number of hydrogen-bond donors (Lipinski definition) is 1. The summed E-state index contributed by atoms with van der Waals surface area (Å²) < 4.78 is 38.9. The minimum Gasteiger partial charge on any atom is -0.337 e. The number of benzene rings is 2. The van der Waals surface area contributed by atoms with Gasteiger partial charge in [-0.1, -0.05) is 30.3 Å². The highest BCUT2D eigenvalue weighted by Crippen LogP contribution is 2.32. The van der Waals surface area contributed by atoms with E-state index in [1.807, 2.05) is 17.0 Å². The Morgan fingerprint density at radius 1 is 0.946 bits per heavy atom. The zero-order chi connectivity index (χ0) is 26.0. The second-order valence-electron chi connectivity index (χ2n) is 9.14. The van der Waals surface area contributed by atoms with E-state index in [0.29, 0.717) is 44.4 Å². The summed E-state index contributed by atoms with van der Waals surface area (Å²) in [6.07, 6.45) is -3.57. The first-order chi connectivity index (χ1) is 17.8. The van der Waals surface area contributed by atoms with Gasteiger partial charge in [-0.25, -0.2) is 4.98 Å². The lowest BCUT2D eigenvalue weighted by Crippen LogP contribution is -2.52. The number of rotatable bonds is 5. The van der Waals surface area contributed by atoms with Gasteiger partial charge in [0, 0.05) is 50.3 Å². The molecule has 0 saturated carbocycles. The van der Waals surface area contributed by atoms with Gasteiger partial charge in [0.25, 0.3) is 5.91 Å². The average molecular weight is 530 g/mol. The average Bonchev–Trinajstić information content (AvgIpc) is 3.36. The smallest absolute Gasteiger partial charge is 0.337 e. The number of alkyl halides is 3. The molecule has 7 nitrogen and oxygen atoms in total. The van der Waals surface area contributed by atoms with Gasteiger partial charge in [-0.3, -0.25) is 14.5 Å². The van der Waals surface area contributed by atoms with Crippen molar-refractivity contribution in [2.75, 3.05) is 44.6 Å². The SMILES string of the molecule is O=C(CN1CCN(C(=O)c2csc(Nc3cccc(C(F)(F)F)c3)n2)CC1)N1CCc2ccccc2C1. The maximum absolute atomic E-state index is 13.0. The van der Waals surface area contributed by atoms with Crippen molar-refractivity contribution < 1.29 is 22.8 Å². The van der Waals surface area contributed by atoms with Crippen molar-refractivity contribution in [1.82, 2.24) is 19.7 Å². The summed E-state index contributed by atoms with van der Waals surface area (Å²) in [6.45, 7) is 3.80. The molecule has 0 bridgehead atoms. The largest absolute Gasteiger partial charge is 0.416 e. The quantitative estimate of drug-likeness (QED) is 0.536. The van der Waals surface area contributed by atoms with Crippen LogP contribution in [0.1, 0.15) is 27.2 Å². The van der Waals surface area contributed by atoms with Crippen LogP contribution in [0.4, 0.5) is 24.0 Å². The Bertz CT molecular complexity index is 1290. The van der Waals surface area contributed by atoms with E-state index in [9.17, 15) is 22.8 Å². The summed E-state index contributed by atoms with van der Waals surface area (Å²) in [6, 6.07) is 13.0. The van der Waals surface area contributed by atoms with E-state index in [1.54, 1.807) is 10.3 Å². The standard InChI is InChI=1S/C26H26F3N5O2S/c27-26(28,29)20-6-3-7-21(14-20)30-25-31-22(17-37-25)24(36)33-12-10-32(11-13-33)16-23(35)34-9-8-18-4-1-2-5-19(18)15-34/h1-7,14,17H,8-13,15-16H2,(H,30,31). The van der Waals surface area contributed by atoms with E-state index >= 15 is 0 Å². The van der Waals surface area contributed by atoms with E-state index < -0.39 is 11.7 Å². The molecule has 3 aromatic rings. The fourth-order valence-electron chi connectivity index (χ4n) is 4.60. The van der Waals surface area contributed by atoms with E-state index in [-0.39, 0.29) is 23.2 Å². The molecule has 2 amide bonds. The molecule has 194 valence electrons. The monoisotopic (exact) mass is 529 g/mol. The molecule has 37 heavy (non-hydrogen) atoms. The van der Waals surface area contributed by atoms with Gasteiger partial charge in [-0.15, -0.1) is 11.3 Å². The van der Waals surface area contributed by atoms with Crippen LogP contribution in [0.15, 0.2) is 53.9 Å². The maximum atomic E-state index is 13.0. The number of nitrogens with one attached hydrogen (secondary N) is 1. The highest BCUT2D eigenvalue weighted by Gasteiger charge is 2.31. The minimum absolute atomic E-state index is 0.0964. The number of nitrogens with zero attached hydrogens (tertiary/aromatic N) is 4. The first-order valence-corrected chi connectivity index (χ1v) is 12.9. The molecule has 2 aliphatic rings. The number of carbonyl (C=O) groups excluding carboxylic acids is 2. The third-order valence-electron chi connectivity index (χ3n) is 6.67. The lowest BCUT2D eigenvalue weighted by atomic mass is 10.00. The number of anilines is 2. The maximum Gasteiger partial charge on any atom is 0.416 e. The Kier molecular flexibility index (Phi) is 7.16. The molecule has 1 fully saturated rings. The fourth-order valence-corrected chi connectivity index (χ4v) is 5.30. The number of fused-ring (bicyclic) bond motifs is 1. The molecule has 0 spiro atoms. The van der Waals surface area contributed by atoms with Crippen molar-refractivity contribution in [3.8, 4) is 0 Å². The Balaban J connectivity index is 1.12. The number of halogens is 3. The van der Waals surface area contributed by atoms with Crippen LogP contribution in [0.5, 0.6) is 0 Å². The van der Waals surface area contributed by atoms with Crippen molar-refractivity contribution in [2.45, 2.75) is 19.1 Å². The summed E-state index contributed by atoms with van der Waals surface area (Å²) in [7, 11) is 0. The van der Waals surface area contributed by atoms with E-state index in [1.165, 1.54) is 23.3 Å². The molecule has 11 heteroatoms. The number of thiazole rings is 1. The van der Waals surface area contributed by atoms with Gasteiger partial charge in [-0.05, 0) is 35.7 Å². The van der Waals surface area contributed by atoms with Gasteiger partial charge in [0.15, 0.2) is 5.13 Å². The first-order valence-electron chi connectivity index (χ1n) is 12.0. The summed E-state index contributed by atoms with van der Waals surface area (Å²) in [4.78, 5) is 35.7. The van der Waals surface area contributed by atoms with Crippen LogP contribution >= 0.6 is 11.3 Å². The third-order valence-corrected chi connectivity index (χ3v) is 7.42. The molecule has 0 atom stereocenters. The molecule has 0 radical (unpaired) electrons. The summed E-state index contributed by atoms with van der Waals surface area (Å²) in [5.74, 6) is -0.133. The van der Waals surface area contributed by atoms with Crippen LogP contribution in [0, 0.1) is 0 Å². The van der Waals surface area contributed by atoms with Crippen molar-refractivity contribution in [3.05, 3.63) is 76.3 Å². The van der Waals surface area contributed by atoms with Gasteiger partial charge in [0.2, 0.25) is 5.91 Å². The normalized spacial score (nSPS) is 16.4. The topological polar surface area (TPSA) is 68.8 Å². The molecule has 0 aliphatic carbocycles. The number of aromatic nitrogens is 1. The molecule has 3 heterocycles.